The second-order valence-electron chi connectivity index (χ2n) is 4.71. The Balaban J connectivity index is 1.99. The zero-order valence-corrected chi connectivity index (χ0v) is 11.9. The predicted molar refractivity (Wildman–Crippen MR) is 82.0 cm³/mol. The minimum absolute atomic E-state index is 0.0549. The third-order valence-corrected chi connectivity index (χ3v) is 3.12. The van der Waals surface area contributed by atoms with E-state index in [9.17, 15) is 5.11 Å². The van der Waals surface area contributed by atoms with Crippen LogP contribution in [0, 0.1) is 11.3 Å². The Kier molecular flexibility index (Phi) is 5.19. The summed E-state index contributed by atoms with van der Waals surface area (Å²) < 4.78 is 5.21. The summed E-state index contributed by atoms with van der Waals surface area (Å²) in [5.74, 6) is 0.685. The molecule has 0 radical (unpaired) electrons. The van der Waals surface area contributed by atoms with Gasteiger partial charge in [-0.3, -0.25) is 0 Å². The lowest BCUT2D eigenvalue weighted by Crippen LogP contribution is -2.04. The van der Waals surface area contributed by atoms with Crippen molar-refractivity contribution in [1.29, 1.82) is 5.26 Å². The molecular formula is C17H18N2O2. The molecule has 108 valence electrons. The van der Waals surface area contributed by atoms with E-state index in [0.717, 1.165) is 16.8 Å². The molecular weight excluding hydrogens is 264 g/mol. The maximum atomic E-state index is 9.74. The van der Waals surface area contributed by atoms with E-state index in [-0.39, 0.29) is 6.61 Å². The van der Waals surface area contributed by atoms with Crippen molar-refractivity contribution in [3.63, 3.8) is 0 Å². The van der Waals surface area contributed by atoms with Crippen LogP contribution in [0.15, 0.2) is 48.5 Å². The van der Waals surface area contributed by atoms with E-state index in [4.69, 9.17) is 10.00 Å². The average Bonchev–Trinajstić information content (AvgIpc) is 2.52. The Labute approximate surface area is 124 Å². The standard InChI is InChI=1S/C17H18N2O2/c1-13(20)16-4-2-3-5-17(16)19-12-14-6-8-15(9-7-14)21-11-10-18/h2-9,13,19-20H,11-12H2,1H3. The average molecular weight is 282 g/mol. The number of anilines is 1. The molecule has 0 fully saturated rings. The zero-order chi connectivity index (χ0) is 15.1. The lowest BCUT2D eigenvalue weighted by molar-refractivity contribution is 0.200. The van der Waals surface area contributed by atoms with Crippen LogP contribution in [-0.2, 0) is 6.54 Å². The first kappa shape index (κ1) is 14.9. The van der Waals surface area contributed by atoms with Gasteiger partial charge < -0.3 is 15.2 Å². The van der Waals surface area contributed by atoms with Crippen LogP contribution in [0.5, 0.6) is 5.75 Å². The quantitative estimate of drug-likeness (QED) is 0.853. The Morgan fingerprint density at radius 2 is 1.90 bits per heavy atom. The molecule has 2 aromatic rings. The monoisotopic (exact) mass is 282 g/mol. The van der Waals surface area contributed by atoms with Crippen molar-refractivity contribution in [2.45, 2.75) is 19.6 Å². The summed E-state index contributed by atoms with van der Waals surface area (Å²) in [5.41, 5.74) is 2.91. The number of nitrogens with zero attached hydrogens (tertiary/aromatic N) is 1. The van der Waals surface area contributed by atoms with Crippen molar-refractivity contribution in [2.75, 3.05) is 11.9 Å². The molecule has 0 aliphatic carbocycles. The fraction of sp³-hybridized carbons (Fsp3) is 0.235. The van der Waals surface area contributed by atoms with Crippen LogP contribution in [-0.4, -0.2) is 11.7 Å². The Hall–Kier alpha value is -2.51. The van der Waals surface area contributed by atoms with Gasteiger partial charge in [0.25, 0.3) is 0 Å². The highest BCUT2D eigenvalue weighted by atomic mass is 16.5. The third kappa shape index (κ3) is 4.23. The normalized spacial score (nSPS) is 11.5. The lowest BCUT2D eigenvalue weighted by atomic mass is 10.1. The van der Waals surface area contributed by atoms with Crippen LogP contribution in [0.3, 0.4) is 0 Å². The molecule has 4 nitrogen and oxygen atoms in total. The second kappa shape index (κ2) is 7.32. The van der Waals surface area contributed by atoms with Crippen LogP contribution >= 0.6 is 0 Å². The molecule has 0 bridgehead atoms. The molecule has 0 aliphatic heterocycles. The molecule has 0 aliphatic rings. The van der Waals surface area contributed by atoms with Gasteiger partial charge in [0, 0.05) is 17.8 Å². The van der Waals surface area contributed by atoms with Crippen molar-refractivity contribution in [1.82, 2.24) is 0 Å². The number of nitriles is 1. The number of benzene rings is 2. The van der Waals surface area contributed by atoms with Gasteiger partial charge in [0.05, 0.1) is 6.10 Å². The fourth-order valence-electron chi connectivity index (χ4n) is 2.04. The van der Waals surface area contributed by atoms with Crippen molar-refractivity contribution >= 4 is 5.69 Å². The Morgan fingerprint density at radius 1 is 1.19 bits per heavy atom. The molecule has 0 saturated heterocycles. The number of rotatable bonds is 6. The van der Waals surface area contributed by atoms with Crippen molar-refractivity contribution in [3.8, 4) is 11.8 Å². The summed E-state index contributed by atoms with van der Waals surface area (Å²) in [6, 6.07) is 17.2. The van der Waals surface area contributed by atoms with E-state index in [1.807, 2.05) is 54.6 Å². The number of nitrogens with one attached hydrogen (secondary N) is 1. The fourth-order valence-corrected chi connectivity index (χ4v) is 2.04. The number of hydrogen-bond donors (Lipinski definition) is 2. The molecule has 2 aromatic carbocycles. The highest BCUT2D eigenvalue weighted by Crippen LogP contribution is 2.23. The molecule has 2 rings (SSSR count). The molecule has 0 heterocycles. The topological polar surface area (TPSA) is 65.3 Å². The molecule has 0 saturated carbocycles. The largest absolute Gasteiger partial charge is 0.479 e. The van der Waals surface area contributed by atoms with E-state index < -0.39 is 6.10 Å². The van der Waals surface area contributed by atoms with E-state index in [1.54, 1.807) is 6.92 Å². The molecule has 4 heteroatoms. The van der Waals surface area contributed by atoms with Gasteiger partial charge in [0.15, 0.2) is 6.61 Å². The van der Waals surface area contributed by atoms with Crippen LogP contribution in [0.25, 0.3) is 0 Å². The molecule has 0 amide bonds. The smallest absolute Gasteiger partial charge is 0.174 e. The van der Waals surface area contributed by atoms with E-state index >= 15 is 0 Å². The first-order valence-electron chi connectivity index (χ1n) is 6.80. The summed E-state index contributed by atoms with van der Waals surface area (Å²) in [4.78, 5) is 0. The highest BCUT2D eigenvalue weighted by molar-refractivity contribution is 5.52. The van der Waals surface area contributed by atoms with Crippen LogP contribution in [0.4, 0.5) is 5.69 Å². The van der Waals surface area contributed by atoms with Gasteiger partial charge in [0.1, 0.15) is 11.8 Å². The molecule has 2 N–H and O–H groups in total. The van der Waals surface area contributed by atoms with Crippen molar-refractivity contribution in [3.05, 3.63) is 59.7 Å². The number of aliphatic hydroxyl groups excluding tert-OH is 1. The third-order valence-electron chi connectivity index (χ3n) is 3.12. The molecule has 0 aromatic heterocycles. The van der Waals surface area contributed by atoms with E-state index in [1.165, 1.54) is 0 Å². The number of para-hydroxylation sites is 1. The number of ether oxygens (including phenoxy) is 1. The van der Waals surface area contributed by atoms with Crippen molar-refractivity contribution < 1.29 is 9.84 Å². The number of hydrogen-bond acceptors (Lipinski definition) is 4. The van der Waals surface area contributed by atoms with Gasteiger partial charge in [-0.05, 0) is 30.7 Å². The zero-order valence-electron chi connectivity index (χ0n) is 11.9. The number of aliphatic hydroxyl groups is 1. The Morgan fingerprint density at radius 3 is 2.57 bits per heavy atom. The molecule has 1 atom stereocenters. The maximum absolute atomic E-state index is 9.74. The summed E-state index contributed by atoms with van der Waals surface area (Å²) in [6.45, 7) is 2.46. The lowest BCUT2D eigenvalue weighted by Gasteiger charge is -2.14. The molecule has 1 unspecified atom stereocenters. The van der Waals surface area contributed by atoms with Gasteiger partial charge >= 0.3 is 0 Å². The SMILES string of the molecule is CC(O)c1ccccc1NCc1ccc(OCC#N)cc1. The van der Waals surface area contributed by atoms with Crippen molar-refractivity contribution in [2.24, 2.45) is 0 Å². The first-order valence-corrected chi connectivity index (χ1v) is 6.80. The summed E-state index contributed by atoms with van der Waals surface area (Å²) in [7, 11) is 0. The van der Waals surface area contributed by atoms with E-state index in [0.29, 0.717) is 12.3 Å². The first-order chi connectivity index (χ1) is 10.2. The van der Waals surface area contributed by atoms with Gasteiger partial charge in [-0.1, -0.05) is 30.3 Å². The van der Waals surface area contributed by atoms with Crippen LogP contribution in [0.1, 0.15) is 24.2 Å². The summed E-state index contributed by atoms with van der Waals surface area (Å²) >= 11 is 0. The molecule has 21 heavy (non-hydrogen) atoms. The van der Waals surface area contributed by atoms with E-state index in [2.05, 4.69) is 5.32 Å². The highest BCUT2D eigenvalue weighted by Gasteiger charge is 2.06. The van der Waals surface area contributed by atoms with Gasteiger partial charge in [0.2, 0.25) is 0 Å². The summed E-state index contributed by atoms with van der Waals surface area (Å²) in [5, 5.41) is 21.5. The minimum atomic E-state index is -0.504. The van der Waals surface area contributed by atoms with Crippen LogP contribution < -0.4 is 10.1 Å². The predicted octanol–water partition coefficient (Wildman–Crippen LogP) is 3.25. The maximum Gasteiger partial charge on any atom is 0.174 e. The second-order valence-corrected chi connectivity index (χ2v) is 4.71. The van der Waals surface area contributed by atoms with Crippen LogP contribution in [0.2, 0.25) is 0 Å². The van der Waals surface area contributed by atoms with Gasteiger partial charge in [-0.15, -0.1) is 0 Å². The molecule has 0 spiro atoms. The summed E-state index contributed by atoms with van der Waals surface area (Å²) in [6.07, 6.45) is -0.504. The van der Waals surface area contributed by atoms with Gasteiger partial charge in [-0.25, -0.2) is 0 Å². The Bertz CT molecular complexity index is 615. The minimum Gasteiger partial charge on any atom is -0.479 e. The van der Waals surface area contributed by atoms with Gasteiger partial charge in [-0.2, -0.15) is 5.26 Å².